The topological polar surface area (TPSA) is 3.24 Å². The first kappa shape index (κ1) is 37.7. The van der Waals surface area contributed by atoms with E-state index in [9.17, 15) is 0 Å². The van der Waals surface area contributed by atoms with Gasteiger partial charge in [0.05, 0.1) is 5.41 Å². The molecule has 11 aromatic rings. The molecule has 64 heavy (non-hydrogen) atoms. The number of rotatable bonds is 7. The van der Waals surface area contributed by atoms with E-state index in [-0.39, 0.29) is 0 Å². The average Bonchev–Trinajstić information content (AvgIpc) is 3.65. The molecule has 0 bridgehead atoms. The molecule has 0 amide bonds. The van der Waals surface area contributed by atoms with Gasteiger partial charge in [-0.2, -0.15) is 0 Å². The molecule has 0 N–H and O–H groups in total. The van der Waals surface area contributed by atoms with Crippen LogP contribution < -0.4 is 4.90 Å². The maximum absolute atomic E-state index is 2.50. The molecule has 1 heteroatoms. The Bertz CT molecular complexity index is 3480. The number of fused-ring (bicyclic) bond motifs is 8. The van der Waals surface area contributed by atoms with Gasteiger partial charge in [0.25, 0.3) is 0 Å². The lowest BCUT2D eigenvalue weighted by Gasteiger charge is -2.34. The van der Waals surface area contributed by atoms with Crippen molar-refractivity contribution in [2.75, 3.05) is 4.90 Å². The van der Waals surface area contributed by atoms with Gasteiger partial charge in [0.2, 0.25) is 0 Å². The van der Waals surface area contributed by atoms with Crippen molar-refractivity contribution >= 4 is 49.4 Å². The molecule has 0 saturated heterocycles. The van der Waals surface area contributed by atoms with E-state index in [1.807, 2.05) is 0 Å². The van der Waals surface area contributed by atoms with E-state index in [1.54, 1.807) is 0 Å². The van der Waals surface area contributed by atoms with Crippen molar-refractivity contribution in [1.29, 1.82) is 0 Å². The Morgan fingerprint density at radius 1 is 0.281 bits per heavy atom. The van der Waals surface area contributed by atoms with Crippen molar-refractivity contribution < 1.29 is 0 Å². The van der Waals surface area contributed by atoms with E-state index in [0.29, 0.717) is 0 Å². The normalized spacial score (nSPS) is 12.7. The summed E-state index contributed by atoms with van der Waals surface area (Å²) in [6.07, 6.45) is 0. The van der Waals surface area contributed by atoms with Gasteiger partial charge in [-0.1, -0.05) is 182 Å². The van der Waals surface area contributed by atoms with E-state index in [4.69, 9.17) is 0 Å². The smallest absolute Gasteiger partial charge is 0.0713 e. The van der Waals surface area contributed by atoms with Gasteiger partial charge in [0.15, 0.2) is 0 Å². The molecular weight excluding hydrogens is 771 g/mol. The van der Waals surface area contributed by atoms with Gasteiger partial charge in [0.1, 0.15) is 0 Å². The molecule has 0 aromatic heterocycles. The fourth-order valence-corrected chi connectivity index (χ4v) is 10.8. The van der Waals surface area contributed by atoms with Crippen LogP contribution in [0.1, 0.15) is 33.4 Å². The van der Waals surface area contributed by atoms with Crippen LogP contribution in [-0.2, 0) is 5.41 Å². The third-order valence-corrected chi connectivity index (χ3v) is 13.6. The summed E-state index contributed by atoms with van der Waals surface area (Å²) in [7, 11) is 0. The highest BCUT2D eigenvalue weighted by Crippen LogP contribution is 2.57. The summed E-state index contributed by atoms with van der Waals surface area (Å²) in [5.41, 5.74) is 18.1. The van der Waals surface area contributed by atoms with Gasteiger partial charge in [0, 0.05) is 17.1 Å². The van der Waals surface area contributed by atoms with E-state index in [0.717, 1.165) is 17.1 Å². The van der Waals surface area contributed by atoms with E-state index in [2.05, 4.69) is 255 Å². The molecule has 1 aliphatic carbocycles. The van der Waals surface area contributed by atoms with Crippen molar-refractivity contribution in [3.8, 4) is 33.4 Å². The average molecular weight is 816 g/mol. The summed E-state index contributed by atoms with van der Waals surface area (Å²) in [4.78, 5) is 2.36. The standard InChI is InChI=1S/C63H45N/c1-42-17-15-23-49(37-42)64(50-24-16-18-43(2)38-50)48-34-31-44(32-35-48)57-40-59-54-28-12-10-26-52(54)58(41-60(59)53-27-11-9-25-51(53)57)45-33-36-56-55-29-13-14-30-61(55)63(62(56)39-45,46-19-5-3-6-20-46)47-21-7-4-8-22-47/h3-41H,1-2H3. The van der Waals surface area contributed by atoms with Crippen molar-refractivity contribution in [1.82, 2.24) is 0 Å². The van der Waals surface area contributed by atoms with Crippen molar-refractivity contribution in [3.63, 3.8) is 0 Å². The minimum absolute atomic E-state index is 0.467. The monoisotopic (exact) mass is 815 g/mol. The molecule has 1 aliphatic rings. The van der Waals surface area contributed by atoms with Crippen LogP contribution in [0.25, 0.3) is 65.7 Å². The molecule has 302 valence electrons. The van der Waals surface area contributed by atoms with Crippen LogP contribution in [0, 0.1) is 13.8 Å². The predicted octanol–water partition coefficient (Wildman–Crippen LogP) is 16.9. The minimum atomic E-state index is -0.467. The van der Waals surface area contributed by atoms with Crippen LogP contribution in [-0.4, -0.2) is 0 Å². The van der Waals surface area contributed by atoms with Crippen LogP contribution in [0.2, 0.25) is 0 Å². The molecule has 0 aliphatic heterocycles. The van der Waals surface area contributed by atoms with Gasteiger partial charge < -0.3 is 4.90 Å². The van der Waals surface area contributed by atoms with Crippen molar-refractivity contribution in [2.45, 2.75) is 19.3 Å². The van der Waals surface area contributed by atoms with Crippen molar-refractivity contribution in [2.24, 2.45) is 0 Å². The number of nitrogens with zero attached hydrogens (tertiary/aromatic N) is 1. The first-order valence-electron chi connectivity index (χ1n) is 22.3. The predicted molar refractivity (Wildman–Crippen MR) is 271 cm³/mol. The molecule has 11 aromatic carbocycles. The summed E-state index contributed by atoms with van der Waals surface area (Å²) in [6, 6.07) is 88.0. The molecule has 0 heterocycles. The Labute approximate surface area is 375 Å². The third-order valence-electron chi connectivity index (χ3n) is 13.6. The highest BCUT2D eigenvalue weighted by molar-refractivity contribution is 6.24. The molecule has 12 rings (SSSR count). The first-order chi connectivity index (χ1) is 31.6. The zero-order valence-electron chi connectivity index (χ0n) is 36.0. The molecule has 0 spiro atoms. The lowest BCUT2D eigenvalue weighted by molar-refractivity contribution is 0.769. The lowest BCUT2D eigenvalue weighted by atomic mass is 9.67. The molecule has 1 nitrogen and oxygen atoms in total. The summed E-state index contributed by atoms with van der Waals surface area (Å²) < 4.78 is 0. The summed E-state index contributed by atoms with van der Waals surface area (Å²) in [5.74, 6) is 0. The number of benzene rings is 11. The minimum Gasteiger partial charge on any atom is -0.310 e. The van der Waals surface area contributed by atoms with Crippen LogP contribution in [0.3, 0.4) is 0 Å². The van der Waals surface area contributed by atoms with Gasteiger partial charge in [-0.25, -0.2) is 0 Å². The Hall–Kier alpha value is -8.00. The van der Waals surface area contributed by atoms with Gasteiger partial charge in [-0.15, -0.1) is 0 Å². The molecule has 0 unspecified atom stereocenters. The largest absolute Gasteiger partial charge is 0.310 e. The molecule has 0 saturated carbocycles. The van der Waals surface area contributed by atoms with Crippen LogP contribution in [0.5, 0.6) is 0 Å². The van der Waals surface area contributed by atoms with E-state index < -0.39 is 5.41 Å². The van der Waals surface area contributed by atoms with E-state index >= 15 is 0 Å². The maximum Gasteiger partial charge on any atom is 0.0713 e. The number of hydrogen-bond donors (Lipinski definition) is 0. The zero-order chi connectivity index (χ0) is 42.8. The number of aryl methyl sites for hydroxylation is 2. The number of hydrogen-bond acceptors (Lipinski definition) is 1. The van der Waals surface area contributed by atoms with Gasteiger partial charge in [-0.05, 0) is 168 Å². The third kappa shape index (κ3) is 5.93. The Kier molecular flexibility index (Phi) is 8.91. The van der Waals surface area contributed by atoms with Crippen molar-refractivity contribution in [3.05, 3.63) is 270 Å². The Balaban J connectivity index is 1.04. The van der Waals surface area contributed by atoms with E-state index in [1.165, 1.54) is 99.1 Å². The highest BCUT2D eigenvalue weighted by atomic mass is 15.1. The first-order valence-corrected chi connectivity index (χ1v) is 22.3. The maximum atomic E-state index is 2.50. The molecule has 0 fully saturated rings. The SMILES string of the molecule is Cc1cccc(N(c2ccc(-c3cc4c5ccccc5c(-c5ccc6c(c5)C(c5ccccc5)(c5ccccc5)c5ccccc5-6)cc4c4ccccc34)cc2)c2cccc(C)c2)c1. The lowest BCUT2D eigenvalue weighted by Crippen LogP contribution is -2.28. The second kappa shape index (κ2) is 15.1. The highest BCUT2D eigenvalue weighted by Gasteiger charge is 2.46. The van der Waals surface area contributed by atoms with Gasteiger partial charge >= 0.3 is 0 Å². The summed E-state index contributed by atoms with van der Waals surface area (Å²) >= 11 is 0. The fraction of sp³-hybridized carbons (Fsp3) is 0.0476. The van der Waals surface area contributed by atoms with Crippen LogP contribution in [0.15, 0.2) is 237 Å². The Morgan fingerprint density at radius 2 is 0.750 bits per heavy atom. The Morgan fingerprint density at radius 3 is 1.31 bits per heavy atom. The quantitative estimate of drug-likeness (QED) is 0.145. The summed E-state index contributed by atoms with van der Waals surface area (Å²) in [5, 5.41) is 7.52. The van der Waals surface area contributed by atoms with Crippen LogP contribution >= 0.6 is 0 Å². The molecule has 0 radical (unpaired) electrons. The fourth-order valence-electron chi connectivity index (χ4n) is 10.8. The van der Waals surface area contributed by atoms with Gasteiger partial charge in [-0.3, -0.25) is 0 Å². The van der Waals surface area contributed by atoms with Crippen LogP contribution in [0.4, 0.5) is 17.1 Å². The molecular formula is C63H45N. The number of anilines is 3. The molecule has 0 atom stereocenters. The second-order valence-corrected chi connectivity index (χ2v) is 17.4. The summed E-state index contributed by atoms with van der Waals surface area (Å²) in [6.45, 7) is 4.32. The second-order valence-electron chi connectivity index (χ2n) is 17.4. The zero-order valence-corrected chi connectivity index (χ0v) is 36.0.